The van der Waals surface area contributed by atoms with Crippen LogP contribution in [0.5, 0.6) is 5.75 Å². The molecule has 1 aliphatic carbocycles. The Morgan fingerprint density at radius 3 is 2.33 bits per heavy atom. The van der Waals surface area contributed by atoms with Gasteiger partial charge in [-0.15, -0.1) is 0 Å². The van der Waals surface area contributed by atoms with E-state index in [4.69, 9.17) is 4.74 Å². The second-order valence-electron chi connectivity index (χ2n) is 8.74. The molecule has 1 aromatic carbocycles. The van der Waals surface area contributed by atoms with Crippen LogP contribution in [0.15, 0.2) is 24.3 Å². The van der Waals surface area contributed by atoms with E-state index < -0.39 is 0 Å². The summed E-state index contributed by atoms with van der Waals surface area (Å²) in [5, 5.41) is 3.11. The van der Waals surface area contributed by atoms with Crippen molar-refractivity contribution in [3.63, 3.8) is 0 Å². The maximum atomic E-state index is 12.3. The molecule has 0 bridgehead atoms. The number of benzene rings is 1. The molecule has 3 heteroatoms. The fraction of sp³-hybridized carbons (Fsp3) is 0.667. The van der Waals surface area contributed by atoms with Gasteiger partial charge in [-0.3, -0.25) is 0 Å². The van der Waals surface area contributed by atoms with Crippen LogP contribution < -0.4 is 10.1 Å². The predicted octanol–water partition coefficient (Wildman–Crippen LogP) is 5.53. The highest BCUT2D eigenvalue weighted by Gasteiger charge is 2.32. The molecule has 0 radical (unpaired) electrons. The number of carbonyl (C=O) groups is 1. The summed E-state index contributed by atoms with van der Waals surface area (Å²) in [4.78, 5) is 12.3. The van der Waals surface area contributed by atoms with Crippen LogP contribution in [0.2, 0.25) is 0 Å². The molecule has 2 rings (SSSR count). The summed E-state index contributed by atoms with van der Waals surface area (Å²) in [5.41, 5.74) is 1.33. The number of nitrogens with one attached hydrogen (secondary N) is 1. The van der Waals surface area contributed by atoms with Crippen molar-refractivity contribution in [1.82, 2.24) is 5.32 Å². The quantitative estimate of drug-likeness (QED) is 0.790. The van der Waals surface area contributed by atoms with Gasteiger partial charge in [0.05, 0.1) is 0 Å². The number of rotatable bonds is 3. The van der Waals surface area contributed by atoms with Gasteiger partial charge in [0.25, 0.3) is 0 Å². The van der Waals surface area contributed by atoms with E-state index >= 15 is 0 Å². The minimum atomic E-state index is -0.330. The largest absolute Gasteiger partial charge is 0.412 e. The molecule has 0 spiro atoms. The summed E-state index contributed by atoms with van der Waals surface area (Å²) in [7, 11) is 0. The third kappa shape index (κ3) is 4.99. The van der Waals surface area contributed by atoms with Crippen LogP contribution in [0.4, 0.5) is 4.79 Å². The van der Waals surface area contributed by atoms with Crippen molar-refractivity contribution < 1.29 is 9.53 Å². The number of hydrogen-bond donors (Lipinski definition) is 1. The molecule has 1 N–H and O–H groups in total. The summed E-state index contributed by atoms with van der Waals surface area (Å²) in [5.74, 6) is 2.38. The van der Waals surface area contributed by atoms with Crippen LogP contribution in [-0.4, -0.2) is 12.1 Å². The lowest BCUT2D eigenvalue weighted by Crippen LogP contribution is -2.46. The summed E-state index contributed by atoms with van der Waals surface area (Å²) < 4.78 is 5.50. The number of carbonyl (C=O) groups excluding carboxylic acids is 1. The van der Waals surface area contributed by atoms with Gasteiger partial charge < -0.3 is 10.1 Å². The van der Waals surface area contributed by atoms with Gasteiger partial charge in [0.15, 0.2) is 0 Å². The molecule has 3 nitrogen and oxygen atoms in total. The van der Waals surface area contributed by atoms with Crippen molar-refractivity contribution in [2.24, 2.45) is 17.8 Å². The topological polar surface area (TPSA) is 38.3 Å². The highest BCUT2D eigenvalue weighted by molar-refractivity contribution is 5.70. The molecule has 24 heavy (non-hydrogen) atoms. The maximum absolute atomic E-state index is 12.3. The smallest absolute Gasteiger partial charge is 0.410 e. The number of ether oxygens (including phenoxy) is 1. The average Bonchev–Trinajstić information content (AvgIpc) is 2.46. The zero-order valence-corrected chi connectivity index (χ0v) is 16.1. The van der Waals surface area contributed by atoms with Crippen LogP contribution in [0.1, 0.15) is 66.4 Å². The van der Waals surface area contributed by atoms with Gasteiger partial charge in [-0.05, 0) is 53.7 Å². The Kier molecular flexibility index (Phi) is 5.95. The van der Waals surface area contributed by atoms with E-state index in [1.807, 2.05) is 24.3 Å². The fourth-order valence-electron chi connectivity index (χ4n) is 3.68. The molecule has 3 unspecified atom stereocenters. The minimum absolute atomic E-state index is 0.101. The Morgan fingerprint density at radius 2 is 1.79 bits per heavy atom. The van der Waals surface area contributed by atoms with Gasteiger partial charge >= 0.3 is 6.09 Å². The fourth-order valence-corrected chi connectivity index (χ4v) is 3.68. The second-order valence-corrected chi connectivity index (χ2v) is 8.74. The summed E-state index contributed by atoms with van der Waals surface area (Å²) in [6.07, 6.45) is 3.15. The highest BCUT2D eigenvalue weighted by atomic mass is 16.6. The lowest BCUT2D eigenvalue weighted by atomic mass is 9.74. The molecular weight excluding hydrogens is 298 g/mol. The third-order valence-corrected chi connectivity index (χ3v) is 5.26. The molecule has 0 saturated heterocycles. The van der Waals surface area contributed by atoms with Crippen molar-refractivity contribution in [3.8, 4) is 5.75 Å². The van der Waals surface area contributed by atoms with Crippen LogP contribution in [-0.2, 0) is 5.41 Å². The molecule has 0 aliphatic heterocycles. The second kappa shape index (κ2) is 7.58. The number of hydrogen-bond acceptors (Lipinski definition) is 2. The summed E-state index contributed by atoms with van der Waals surface area (Å²) in [6.45, 7) is 13.3. The maximum Gasteiger partial charge on any atom is 0.412 e. The van der Waals surface area contributed by atoms with Gasteiger partial charge in [0.2, 0.25) is 0 Å². The molecule has 1 aromatic rings. The van der Waals surface area contributed by atoms with E-state index in [1.165, 1.54) is 18.4 Å². The minimum Gasteiger partial charge on any atom is -0.410 e. The lowest BCUT2D eigenvalue weighted by molar-refractivity contribution is 0.151. The molecule has 134 valence electrons. The van der Waals surface area contributed by atoms with E-state index in [2.05, 4.69) is 46.9 Å². The van der Waals surface area contributed by atoms with Crippen molar-refractivity contribution in [2.75, 3.05) is 0 Å². The molecular formula is C21H33NO2. The lowest BCUT2D eigenvalue weighted by Gasteiger charge is -2.37. The Morgan fingerprint density at radius 1 is 1.17 bits per heavy atom. The van der Waals surface area contributed by atoms with E-state index in [-0.39, 0.29) is 17.6 Å². The first-order valence-electron chi connectivity index (χ1n) is 9.25. The molecule has 1 amide bonds. The van der Waals surface area contributed by atoms with Gasteiger partial charge in [-0.25, -0.2) is 4.79 Å². The van der Waals surface area contributed by atoms with Crippen LogP contribution in [0, 0.1) is 17.8 Å². The zero-order chi connectivity index (χ0) is 17.9. The van der Waals surface area contributed by atoms with E-state index in [9.17, 15) is 4.79 Å². The van der Waals surface area contributed by atoms with E-state index in [0.717, 1.165) is 6.42 Å². The molecule has 1 saturated carbocycles. The Bertz CT molecular complexity index is 542. The average molecular weight is 332 g/mol. The SMILES string of the molecule is CC1CCC(C(C)C)C(NC(=O)Oc2ccc(C(C)(C)C)cc2)C1. The van der Waals surface area contributed by atoms with Crippen molar-refractivity contribution >= 4 is 6.09 Å². The molecule has 3 atom stereocenters. The summed E-state index contributed by atoms with van der Waals surface area (Å²) >= 11 is 0. The van der Waals surface area contributed by atoms with Gasteiger partial charge in [-0.2, -0.15) is 0 Å². The molecule has 1 aliphatic rings. The van der Waals surface area contributed by atoms with Crippen LogP contribution >= 0.6 is 0 Å². The van der Waals surface area contributed by atoms with Gasteiger partial charge in [-0.1, -0.05) is 60.1 Å². The van der Waals surface area contributed by atoms with Crippen molar-refractivity contribution in [3.05, 3.63) is 29.8 Å². The Labute approximate surface area is 147 Å². The van der Waals surface area contributed by atoms with Crippen LogP contribution in [0.3, 0.4) is 0 Å². The first-order chi connectivity index (χ1) is 11.2. The molecule has 0 heterocycles. The normalized spacial score (nSPS) is 24.7. The predicted molar refractivity (Wildman–Crippen MR) is 99.4 cm³/mol. The van der Waals surface area contributed by atoms with Crippen LogP contribution in [0.25, 0.3) is 0 Å². The first-order valence-corrected chi connectivity index (χ1v) is 9.25. The molecule has 1 fully saturated rings. The molecule has 0 aromatic heterocycles. The Hall–Kier alpha value is -1.51. The van der Waals surface area contributed by atoms with E-state index in [1.54, 1.807) is 0 Å². The highest BCUT2D eigenvalue weighted by Crippen LogP contribution is 2.33. The third-order valence-electron chi connectivity index (χ3n) is 5.26. The monoisotopic (exact) mass is 331 g/mol. The first kappa shape index (κ1) is 18.8. The van der Waals surface area contributed by atoms with Crippen molar-refractivity contribution in [1.29, 1.82) is 0 Å². The number of amides is 1. The van der Waals surface area contributed by atoms with E-state index in [0.29, 0.717) is 23.5 Å². The van der Waals surface area contributed by atoms with Gasteiger partial charge in [0.1, 0.15) is 5.75 Å². The van der Waals surface area contributed by atoms with Crippen molar-refractivity contribution in [2.45, 2.75) is 72.3 Å². The standard InChI is InChI=1S/C21H33NO2/c1-14(2)18-12-7-15(3)13-19(18)22-20(23)24-17-10-8-16(9-11-17)21(4,5)6/h8-11,14-15,18-19H,7,12-13H2,1-6H3,(H,22,23). The zero-order valence-electron chi connectivity index (χ0n) is 16.1. The van der Waals surface area contributed by atoms with Gasteiger partial charge in [0, 0.05) is 6.04 Å². The Balaban J connectivity index is 1.96. The summed E-state index contributed by atoms with van der Waals surface area (Å²) in [6, 6.07) is 8.03.